The smallest absolute Gasteiger partial charge is 0.331 e. The van der Waals surface area contributed by atoms with Crippen LogP contribution in [0.25, 0.3) is 0 Å². The van der Waals surface area contributed by atoms with Gasteiger partial charge in [0.25, 0.3) is 0 Å². The van der Waals surface area contributed by atoms with Gasteiger partial charge in [-0.25, -0.2) is 14.4 Å². The van der Waals surface area contributed by atoms with Gasteiger partial charge in [0.05, 0.1) is 0 Å². The Morgan fingerprint density at radius 3 is 0.975 bits per heavy atom. The molecule has 0 aromatic rings. The van der Waals surface area contributed by atoms with Crippen molar-refractivity contribution in [3.05, 3.63) is 122 Å². The summed E-state index contributed by atoms with van der Waals surface area (Å²) in [6.07, 6.45) is 39.3. The molecule has 0 saturated carbocycles. The Morgan fingerprint density at radius 1 is 0.390 bits per heavy atom. The van der Waals surface area contributed by atoms with Crippen LogP contribution >= 0.6 is 0 Å². The molecule has 0 aromatic carbocycles. The SMILES string of the molecule is C/C=C/C(=O)OC(C)(C)C(C)(C)C.C=CC(=O)NC(C)(C)C.C=CC(=O)OC(C)(C)C(C)(C)C.C=CCN(CC(C)(C)C)C(=O)/C=C/CN(C)C.CC(C)(C)CCC(=O)C1=CCC1.CC(C)(C)CCC(=O)C1=CCCC1.CC(C)(C)CCC(=O)C1=CCCCC1.CN(C)C/C=C/C(=O)C(C)(C)C.CN(C)C/C=C/C(=O)OC(C)(C)C(C)(C)C. The Bertz CT molecular complexity index is 3240. The third kappa shape index (κ3) is 71.1. The van der Waals surface area contributed by atoms with Gasteiger partial charge in [0.2, 0.25) is 11.8 Å². The van der Waals surface area contributed by atoms with Crippen LogP contribution in [0.2, 0.25) is 0 Å². The van der Waals surface area contributed by atoms with Gasteiger partial charge in [-0.1, -0.05) is 228 Å². The van der Waals surface area contributed by atoms with Gasteiger partial charge < -0.3 is 39.1 Å². The van der Waals surface area contributed by atoms with Crippen LogP contribution in [0, 0.1) is 43.3 Å². The van der Waals surface area contributed by atoms with Crippen molar-refractivity contribution in [3.8, 4) is 0 Å². The molecule has 0 radical (unpaired) electrons. The zero-order valence-corrected chi connectivity index (χ0v) is 83.5. The molecular weight excluding hydrogens is 1480 g/mol. The number of ether oxygens (including phenoxy) is 3. The maximum atomic E-state index is 12.0. The Balaban J connectivity index is -0.000000300. The number of carbonyl (C=O) groups is 9. The molecule has 17 nitrogen and oxygen atoms in total. The van der Waals surface area contributed by atoms with E-state index in [-0.39, 0.29) is 78.9 Å². The fourth-order valence-corrected chi connectivity index (χ4v) is 8.80. The number of allylic oxidation sites excluding steroid dienone is 8. The predicted molar refractivity (Wildman–Crippen MR) is 503 cm³/mol. The summed E-state index contributed by atoms with van der Waals surface area (Å²) in [6.45, 7) is 83.4. The molecule has 118 heavy (non-hydrogen) atoms. The van der Waals surface area contributed by atoms with Crippen molar-refractivity contribution in [2.24, 2.45) is 43.3 Å². The second kappa shape index (κ2) is 57.6. The van der Waals surface area contributed by atoms with E-state index in [1.54, 1.807) is 37.3 Å². The molecule has 2 amide bonds. The number of nitrogens with one attached hydrogen (secondary N) is 1. The Morgan fingerprint density at radius 2 is 0.720 bits per heavy atom. The number of carbonyl (C=O) groups excluding carboxylic acids is 9. The van der Waals surface area contributed by atoms with Crippen LogP contribution in [-0.4, -0.2) is 170 Å². The summed E-state index contributed by atoms with van der Waals surface area (Å²) >= 11 is 0. The Hall–Kier alpha value is -6.69. The highest BCUT2D eigenvalue weighted by atomic mass is 16.6. The molecule has 0 aromatic heterocycles. The van der Waals surface area contributed by atoms with Gasteiger partial charge in [0.15, 0.2) is 23.1 Å². The van der Waals surface area contributed by atoms with E-state index in [1.807, 2.05) is 178 Å². The Kier molecular flexibility index (Phi) is 59.6. The minimum Gasteiger partial charge on any atom is -0.456 e. The van der Waals surface area contributed by atoms with Gasteiger partial charge in [-0.3, -0.25) is 28.8 Å². The normalized spacial score (nSPS) is 14.1. The lowest BCUT2D eigenvalue weighted by molar-refractivity contribution is -0.161. The lowest BCUT2D eigenvalue weighted by Crippen LogP contribution is -2.40. The number of hydrogen-bond acceptors (Lipinski definition) is 15. The van der Waals surface area contributed by atoms with Crippen LogP contribution in [0.4, 0.5) is 0 Å². The van der Waals surface area contributed by atoms with Gasteiger partial charge in [0.1, 0.15) is 16.8 Å². The standard InChI is InChI=1S/C14H26N2O.C13H25NO2.C13H22O.C12H20O.C11H20O2.C11H18O.C10H19NO.C10H18O2.C7H13NO/c1-7-10-16(12-14(2,3)4)13(17)9-8-11-15(5)6;1-12(2,3)13(4,5)16-11(15)9-8-10-14(6)7;1-13(2,3)10-9-12(14)11-7-5-4-6-8-11;1-12(2,3)9-8-11(13)10-6-4-5-7-10;1-7-8-9(12)13-11(5,6)10(2,3)4;1-11(2,3)8-7-10(12)9-5-4-6-9;1-10(2,3)9(12)7-6-8-11(4)5;1-7-8(11)12-10(5,6)9(2,3)4;1-5-6(9)8-7(2,3)4/h7-9H,1,10-12H2,2-6H3;8-9H,10H2,1-7H3;7H,4-6,8-10H2,1-3H3;6H,4-5,7-9H2,1-3H3;7-8H,1-6H3;5H,4,6-8H2,1-3H3;6-7H,8H2,1-5H3;7H,1H2,2-6H3;5H,1H2,2-4H3,(H,8,9)/b2*9-8+;;;8-7+;;7-6+;;. The van der Waals surface area contributed by atoms with Crippen molar-refractivity contribution < 1.29 is 57.4 Å². The van der Waals surface area contributed by atoms with Crippen molar-refractivity contribution in [3.63, 3.8) is 0 Å². The van der Waals surface area contributed by atoms with Crippen molar-refractivity contribution in [2.45, 2.75) is 354 Å². The van der Waals surface area contributed by atoms with Crippen molar-refractivity contribution in [1.29, 1.82) is 0 Å². The molecule has 0 atom stereocenters. The number of hydrogen-bond donors (Lipinski definition) is 1. The maximum Gasteiger partial charge on any atom is 0.331 e. The lowest BCUT2D eigenvalue weighted by Gasteiger charge is -2.37. The predicted octanol–water partition coefficient (Wildman–Crippen LogP) is 23.4. The molecule has 0 fully saturated rings. The summed E-state index contributed by atoms with van der Waals surface area (Å²) in [6, 6.07) is 0. The fourth-order valence-electron chi connectivity index (χ4n) is 8.80. The maximum absolute atomic E-state index is 12.0. The van der Waals surface area contributed by atoms with Crippen LogP contribution in [-0.2, 0) is 57.4 Å². The zero-order chi connectivity index (χ0) is 94.1. The quantitative estimate of drug-likeness (QED) is 0.0351. The van der Waals surface area contributed by atoms with Crippen LogP contribution < -0.4 is 5.32 Å². The number of Topliss-reactive ketones (excluding diaryl/α,β-unsaturated/α-hetero) is 3. The molecule has 3 aliphatic rings. The summed E-state index contributed by atoms with van der Waals surface area (Å²) in [7, 11) is 11.8. The van der Waals surface area contributed by atoms with Gasteiger partial charge in [-0.05, 0) is 239 Å². The Labute approximate surface area is 725 Å². The van der Waals surface area contributed by atoms with Crippen LogP contribution in [0.3, 0.4) is 0 Å². The topological polar surface area (TPSA) is 206 Å². The summed E-state index contributed by atoms with van der Waals surface area (Å²) in [5.74, 6) is 0.343. The van der Waals surface area contributed by atoms with Gasteiger partial charge in [-0.15, -0.1) is 6.58 Å². The van der Waals surface area contributed by atoms with E-state index in [9.17, 15) is 43.2 Å². The first-order chi connectivity index (χ1) is 53.0. The van der Waals surface area contributed by atoms with Crippen molar-refractivity contribution in [1.82, 2.24) is 24.9 Å². The molecule has 0 aliphatic heterocycles. The highest BCUT2D eigenvalue weighted by molar-refractivity contribution is 5.97. The van der Waals surface area contributed by atoms with Crippen LogP contribution in [0.1, 0.15) is 332 Å². The molecule has 682 valence electrons. The molecule has 3 aliphatic carbocycles. The van der Waals surface area contributed by atoms with Crippen molar-refractivity contribution in [2.75, 3.05) is 75.0 Å². The molecule has 17 heteroatoms. The van der Waals surface area contributed by atoms with Crippen LogP contribution in [0.15, 0.2) is 122 Å². The first kappa shape index (κ1) is 122. The molecule has 3 rings (SSSR count). The fraction of sp³-hybridized carbons (Fsp3) is 0.713. The van der Waals surface area contributed by atoms with Gasteiger partial charge in [0, 0.05) is 103 Å². The highest BCUT2D eigenvalue weighted by Crippen LogP contribution is 2.36. The summed E-state index contributed by atoms with van der Waals surface area (Å²) in [4.78, 5) is 110. The number of nitrogens with zero attached hydrogens (tertiary/aromatic N) is 4. The van der Waals surface area contributed by atoms with Crippen molar-refractivity contribution >= 4 is 52.9 Å². The van der Waals surface area contributed by atoms with E-state index in [1.165, 1.54) is 43.6 Å². The molecule has 0 unspecified atom stereocenters. The van der Waals surface area contributed by atoms with E-state index in [2.05, 4.69) is 168 Å². The average Bonchev–Trinajstić information content (AvgIpc) is 0.936. The summed E-state index contributed by atoms with van der Waals surface area (Å²) < 4.78 is 16.0. The first-order valence-corrected chi connectivity index (χ1v) is 42.9. The summed E-state index contributed by atoms with van der Waals surface area (Å²) in [5.41, 5.74) is 2.27. The molecule has 0 bridgehead atoms. The lowest BCUT2D eigenvalue weighted by atomic mass is 9.79. The second-order valence-electron chi connectivity index (χ2n) is 43.2. The van der Waals surface area contributed by atoms with Crippen LogP contribution in [0.5, 0.6) is 0 Å². The largest absolute Gasteiger partial charge is 0.456 e. The van der Waals surface area contributed by atoms with Gasteiger partial charge >= 0.3 is 17.9 Å². The third-order valence-corrected chi connectivity index (χ3v) is 19.4. The molecule has 0 saturated heterocycles. The van der Waals surface area contributed by atoms with E-state index in [4.69, 9.17) is 14.2 Å². The van der Waals surface area contributed by atoms with E-state index in [0.717, 1.165) is 120 Å². The number of ketones is 4. The number of rotatable bonds is 27. The molecular formula is C101H181N5O12. The van der Waals surface area contributed by atoms with E-state index >= 15 is 0 Å². The summed E-state index contributed by atoms with van der Waals surface area (Å²) in [5, 5.41) is 2.71. The average molecular weight is 1660 g/mol. The number of likely N-dealkylation sites (N-methyl/N-ethyl adjacent to an activating group) is 3. The first-order valence-electron chi connectivity index (χ1n) is 42.9. The molecule has 0 heterocycles. The molecule has 1 N–H and O–H groups in total. The zero-order valence-electron chi connectivity index (χ0n) is 83.5. The highest BCUT2D eigenvalue weighted by Gasteiger charge is 2.38. The van der Waals surface area contributed by atoms with Gasteiger partial charge in [-0.2, -0.15) is 0 Å². The monoisotopic (exact) mass is 1660 g/mol. The minimum absolute atomic E-state index is 0.0513. The number of esters is 3. The van der Waals surface area contributed by atoms with E-state index < -0.39 is 16.8 Å². The second-order valence-corrected chi connectivity index (χ2v) is 43.2. The molecule has 0 spiro atoms. The number of amides is 2. The third-order valence-electron chi connectivity index (χ3n) is 19.4. The minimum atomic E-state index is -0.466. The van der Waals surface area contributed by atoms with E-state index in [0.29, 0.717) is 29.3 Å².